The summed E-state index contributed by atoms with van der Waals surface area (Å²) in [5.41, 5.74) is 0.937. The van der Waals surface area contributed by atoms with Crippen molar-refractivity contribution in [3.8, 4) is 5.75 Å². The van der Waals surface area contributed by atoms with Crippen LogP contribution in [0.5, 0.6) is 5.75 Å². The van der Waals surface area contributed by atoms with E-state index in [2.05, 4.69) is 0 Å². The van der Waals surface area contributed by atoms with Crippen LogP contribution in [0.15, 0.2) is 35.6 Å². The first-order valence-corrected chi connectivity index (χ1v) is 9.31. The summed E-state index contributed by atoms with van der Waals surface area (Å²) < 4.78 is 10.7. The molecule has 1 unspecified atom stereocenters. The van der Waals surface area contributed by atoms with E-state index < -0.39 is 17.7 Å². The summed E-state index contributed by atoms with van der Waals surface area (Å²) in [6.45, 7) is 8.32. The number of hydrogen-bond acceptors (Lipinski definition) is 5. The number of ether oxygens (including phenoxy) is 2. The zero-order valence-corrected chi connectivity index (χ0v) is 16.7. The van der Waals surface area contributed by atoms with Gasteiger partial charge in [-0.05, 0) is 38.0 Å². The number of aliphatic hydroxyl groups is 1. The molecule has 1 heterocycles. The van der Waals surface area contributed by atoms with Gasteiger partial charge < -0.3 is 19.5 Å². The van der Waals surface area contributed by atoms with E-state index in [-0.39, 0.29) is 23.4 Å². The third-order valence-corrected chi connectivity index (χ3v) is 4.52. The van der Waals surface area contributed by atoms with Crippen LogP contribution < -0.4 is 4.74 Å². The Morgan fingerprint density at radius 3 is 2.33 bits per heavy atom. The number of nitrogens with zero attached hydrogens (tertiary/aromatic N) is 1. The van der Waals surface area contributed by atoms with Gasteiger partial charge in [0.05, 0.1) is 24.8 Å². The molecule has 1 N–H and O–H groups in total. The Morgan fingerprint density at radius 1 is 1.19 bits per heavy atom. The van der Waals surface area contributed by atoms with E-state index in [1.54, 1.807) is 38.0 Å². The van der Waals surface area contributed by atoms with Crippen LogP contribution in [0.2, 0.25) is 0 Å². The van der Waals surface area contributed by atoms with Crippen molar-refractivity contribution in [2.24, 2.45) is 5.92 Å². The van der Waals surface area contributed by atoms with Crippen LogP contribution in [0.25, 0.3) is 0 Å². The van der Waals surface area contributed by atoms with Crippen LogP contribution in [0.3, 0.4) is 0 Å². The molecule has 1 aliphatic heterocycles. The summed E-state index contributed by atoms with van der Waals surface area (Å²) in [5.74, 6) is -0.809. The number of aliphatic hydroxyl groups excluding tert-OH is 1. The van der Waals surface area contributed by atoms with Gasteiger partial charge in [-0.2, -0.15) is 0 Å². The Hall–Kier alpha value is -2.34. The van der Waals surface area contributed by atoms with Crippen molar-refractivity contribution in [2.45, 2.75) is 46.3 Å². The highest BCUT2D eigenvalue weighted by atomic mass is 16.5. The highest BCUT2D eigenvalue weighted by molar-refractivity contribution is 6.09. The van der Waals surface area contributed by atoms with Gasteiger partial charge in [0.1, 0.15) is 5.75 Å². The molecule has 0 spiro atoms. The predicted molar refractivity (Wildman–Crippen MR) is 103 cm³/mol. The standard InChI is InChI=1S/C21H29NO5/c1-13(2)19(23)17-18(15-7-9-16(26-5)10-8-15)22(21(25)20(17)24)11-6-12-27-14(3)4/h7-10,13-14,18,24H,6,11-12H2,1-5H3. The summed E-state index contributed by atoms with van der Waals surface area (Å²) in [4.78, 5) is 27.0. The predicted octanol–water partition coefficient (Wildman–Crippen LogP) is 3.43. The quantitative estimate of drug-likeness (QED) is 0.669. The molecule has 0 aromatic heterocycles. The summed E-state index contributed by atoms with van der Waals surface area (Å²) in [6, 6.07) is 6.61. The fraction of sp³-hybridized carbons (Fsp3) is 0.524. The third kappa shape index (κ3) is 4.69. The van der Waals surface area contributed by atoms with Gasteiger partial charge in [-0.15, -0.1) is 0 Å². The van der Waals surface area contributed by atoms with Crippen molar-refractivity contribution in [3.05, 3.63) is 41.2 Å². The summed E-state index contributed by atoms with van der Waals surface area (Å²) in [5, 5.41) is 10.4. The molecular formula is C21H29NO5. The minimum Gasteiger partial charge on any atom is -0.503 e. The lowest BCUT2D eigenvalue weighted by atomic mass is 9.91. The van der Waals surface area contributed by atoms with Crippen LogP contribution in [-0.4, -0.2) is 48.1 Å². The van der Waals surface area contributed by atoms with Gasteiger partial charge in [-0.1, -0.05) is 26.0 Å². The number of methoxy groups -OCH3 is 1. The lowest BCUT2D eigenvalue weighted by Crippen LogP contribution is -2.33. The Bertz CT molecular complexity index is 706. The van der Waals surface area contributed by atoms with Crippen molar-refractivity contribution in [3.63, 3.8) is 0 Å². The molecule has 2 rings (SSSR count). The molecule has 27 heavy (non-hydrogen) atoms. The number of carbonyl (C=O) groups excluding carboxylic acids is 2. The Kier molecular flexibility index (Phi) is 7.02. The topological polar surface area (TPSA) is 76.1 Å². The van der Waals surface area contributed by atoms with Crippen molar-refractivity contribution < 1.29 is 24.2 Å². The Balaban J connectivity index is 2.34. The average Bonchev–Trinajstić information content (AvgIpc) is 2.89. The Labute approximate surface area is 160 Å². The molecule has 0 aliphatic carbocycles. The number of carbonyl (C=O) groups is 2. The SMILES string of the molecule is COc1ccc(C2C(C(=O)C(C)C)=C(O)C(=O)N2CCCOC(C)C)cc1. The monoisotopic (exact) mass is 375 g/mol. The summed E-state index contributed by atoms with van der Waals surface area (Å²) >= 11 is 0. The normalized spacial score (nSPS) is 17.4. The molecule has 0 radical (unpaired) electrons. The molecule has 6 nitrogen and oxygen atoms in total. The van der Waals surface area contributed by atoms with Gasteiger partial charge in [0.15, 0.2) is 11.5 Å². The Morgan fingerprint density at radius 2 is 1.81 bits per heavy atom. The largest absolute Gasteiger partial charge is 0.503 e. The first-order valence-electron chi connectivity index (χ1n) is 9.31. The van der Waals surface area contributed by atoms with Crippen molar-refractivity contribution in [1.82, 2.24) is 4.90 Å². The smallest absolute Gasteiger partial charge is 0.290 e. The molecule has 1 aromatic rings. The summed E-state index contributed by atoms with van der Waals surface area (Å²) in [6.07, 6.45) is 0.730. The molecule has 1 aromatic carbocycles. The minimum atomic E-state index is -0.600. The van der Waals surface area contributed by atoms with E-state index in [1.165, 1.54) is 0 Å². The van der Waals surface area contributed by atoms with Gasteiger partial charge in [0, 0.05) is 19.1 Å². The molecule has 1 amide bonds. The molecule has 1 aliphatic rings. The fourth-order valence-corrected chi connectivity index (χ4v) is 3.13. The van der Waals surface area contributed by atoms with E-state index in [4.69, 9.17) is 9.47 Å². The summed E-state index contributed by atoms with van der Waals surface area (Å²) in [7, 11) is 1.58. The number of hydrogen-bond donors (Lipinski definition) is 1. The van der Waals surface area contributed by atoms with Crippen LogP contribution >= 0.6 is 0 Å². The molecule has 0 fully saturated rings. The lowest BCUT2D eigenvalue weighted by Gasteiger charge is -2.27. The molecule has 1 atom stereocenters. The second kappa shape index (κ2) is 9.04. The molecule has 6 heteroatoms. The minimum absolute atomic E-state index is 0.112. The van der Waals surface area contributed by atoms with Crippen molar-refractivity contribution in [1.29, 1.82) is 0 Å². The first-order chi connectivity index (χ1) is 12.8. The van der Waals surface area contributed by atoms with E-state index in [0.717, 1.165) is 5.56 Å². The molecule has 0 bridgehead atoms. The highest BCUT2D eigenvalue weighted by Crippen LogP contribution is 2.39. The molecular weight excluding hydrogens is 346 g/mol. The zero-order valence-electron chi connectivity index (χ0n) is 16.7. The van der Waals surface area contributed by atoms with E-state index in [1.807, 2.05) is 26.0 Å². The number of ketones is 1. The number of benzene rings is 1. The van der Waals surface area contributed by atoms with E-state index >= 15 is 0 Å². The number of amides is 1. The molecule has 0 saturated heterocycles. The zero-order chi connectivity index (χ0) is 20.1. The maximum Gasteiger partial charge on any atom is 0.290 e. The van der Waals surface area contributed by atoms with Crippen LogP contribution in [0.4, 0.5) is 0 Å². The van der Waals surface area contributed by atoms with Crippen LogP contribution in [-0.2, 0) is 14.3 Å². The maximum absolute atomic E-state index is 12.7. The van der Waals surface area contributed by atoms with Gasteiger partial charge in [-0.3, -0.25) is 9.59 Å². The van der Waals surface area contributed by atoms with Crippen LogP contribution in [0, 0.1) is 5.92 Å². The van der Waals surface area contributed by atoms with E-state index in [0.29, 0.717) is 25.3 Å². The lowest BCUT2D eigenvalue weighted by molar-refractivity contribution is -0.129. The van der Waals surface area contributed by atoms with E-state index in [9.17, 15) is 14.7 Å². The maximum atomic E-state index is 12.7. The van der Waals surface area contributed by atoms with Gasteiger partial charge in [-0.25, -0.2) is 0 Å². The van der Waals surface area contributed by atoms with Crippen molar-refractivity contribution in [2.75, 3.05) is 20.3 Å². The van der Waals surface area contributed by atoms with Crippen molar-refractivity contribution >= 4 is 11.7 Å². The van der Waals surface area contributed by atoms with Gasteiger partial charge in [0.25, 0.3) is 5.91 Å². The van der Waals surface area contributed by atoms with Gasteiger partial charge in [0.2, 0.25) is 0 Å². The first kappa shape index (κ1) is 21.0. The fourth-order valence-electron chi connectivity index (χ4n) is 3.13. The molecule has 148 valence electrons. The third-order valence-electron chi connectivity index (χ3n) is 4.52. The molecule has 0 saturated carbocycles. The second-order valence-corrected chi connectivity index (χ2v) is 7.23. The van der Waals surface area contributed by atoms with Crippen LogP contribution in [0.1, 0.15) is 45.7 Å². The average molecular weight is 375 g/mol. The number of Topliss-reactive ketones (excluding diaryl/α,β-unsaturated/α-hetero) is 1. The second-order valence-electron chi connectivity index (χ2n) is 7.23. The number of rotatable bonds is 9. The highest BCUT2D eigenvalue weighted by Gasteiger charge is 2.43. The van der Waals surface area contributed by atoms with Gasteiger partial charge >= 0.3 is 0 Å².